The number of hydrogen-bond donors (Lipinski definition) is 1. The third-order valence-corrected chi connectivity index (χ3v) is 1.88. The van der Waals surface area contributed by atoms with Crippen LogP contribution in [0.4, 0.5) is 0 Å². The van der Waals surface area contributed by atoms with Crippen LogP contribution in [0, 0.1) is 0 Å². The fourth-order valence-electron chi connectivity index (χ4n) is 1.21. The Balaban J connectivity index is 0.000000280. The van der Waals surface area contributed by atoms with E-state index in [-0.39, 0.29) is 23.5 Å². The summed E-state index contributed by atoms with van der Waals surface area (Å²) < 4.78 is 0. The number of carbonyl (C=O) groups is 1. The topological polar surface area (TPSA) is 37.3 Å². The molecule has 0 aromatic carbocycles. The van der Waals surface area contributed by atoms with Gasteiger partial charge in [-0.3, -0.25) is 4.79 Å². The Morgan fingerprint density at radius 3 is 2.20 bits per heavy atom. The summed E-state index contributed by atoms with van der Waals surface area (Å²) in [6.07, 6.45) is 16.2. The number of rotatable bonds is 2. The van der Waals surface area contributed by atoms with Crippen LogP contribution in [0.15, 0.2) is 48.1 Å². The predicted molar refractivity (Wildman–Crippen MR) is 57.0 cm³/mol. The molecule has 2 nitrogen and oxygen atoms in total. The van der Waals surface area contributed by atoms with E-state index in [1.54, 1.807) is 0 Å². The third kappa shape index (κ3) is 6.95. The molecule has 2 rings (SSSR count). The molecule has 0 aromatic heterocycles. The number of carboxylic acid groups (broad SMARTS) is 1. The van der Waals surface area contributed by atoms with Gasteiger partial charge in [0, 0.05) is 17.1 Å². The molecule has 0 atom stereocenters. The zero-order valence-electron chi connectivity index (χ0n) is 8.37. The molecule has 0 saturated heterocycles. The van der Waals surface area contributed by atoms with Crippen LogP contribution < -0.4 is 0 Å². The average molecular weight is 246 g/mol. The molecule has 0 amide bonds. The molecule has 2 aliphatic rings. The first-order chi connectivity index (χ1) is 6.79. The summed E-state index contributed by atoms with van der Waals surface area (Å²) in [7, 11) is 0. The van der Waals surface area contributed by atoms with Gasteiger partial charge in [0.25, 0.3) is 0 Å². The minimum absolute atomic E-state index is 0. The van der Waals surface area contributed by atoms with E-state index < -0.39 is 5.97 Å². The first-order valence-electron chi connectivity index (χ1n) is 4.67. The molecule has 2 aliphatic carbocycles. The van der Waals surface area contributed by atoms with Crippen molar-refractivity contribution >= 4 is 5.97 Å². The second-order valence-corrected chi connectivity index (χ2v) is 3.12. The van der Waals surface area contributed by atoms with Crippen LogP contribution in [0.1, 0.15) is 19.3 Å². The van der Waals surface area contributed by atoms with Crippen molar-refractivity contribution in [3.63, 3.8) is 0 Å². The Labute approximate surface area is 101 Å². The summed E-state index contributed by atoms with van der Waals surface area (Å²) in [5.74, 6) is -0.745. The summed E-state index contributed by atoms with van der Waals surface area (Å²) in [5.41, 5.74) is 0.988. The van der Waals surface area contributed by atoms with Crippen LogP contribution in [0.25, 0.3) is 0 Å². The van der Waals surface area contributed by atoms with Gasteiger partial charge in [0.05, 0.1) is 6.42 Å². The number of hydrogen-bond acceptors (Lipinski definition) is 1. The van der Waals surface area contributed by atoms with Gasteiger partial charge in [-0.1, -0.05) is 48.1 Å². The largest absolute Gasteiger partial charge is 0.481 e. The number of carboxylic acids is 1. The first kappa shape index (κ1) is 13.9. The minimum atomic E-state index is -0.745. The second-order valence-electron chi connectivity index (χ2n) is 3.12. The summed E-state index contributed by atoms with van der Waals surface area (Å²) >= 11 is 0. The van der Waals surface area contributed by atoms with Gasteiger partial charge < -0.3 is 5.11 Å². The Morgan fingerprint density at radius 1 is 1.20 bits per heavy atom. The van der Waals surface area contributed by atoms with Crippen molar-refractivity contribution in [1.29, 1.82) is 0 Å². The van der Waals surface area contributed by atoms with Gasteiger partial charge in [0.2, 0.25) is 0 Å². The molecule has 3 heteroatoms. The van der Waals surface area contributed by atoms with E-state index in [1.165, 1.54) is 0 Å². The van der Waals surface area contributed by atoms with E-state index in [1.807, 2.05) is 18.2 Å². The van der Waals surface area contributed by atoms with E-state index in [0.29, 0.717) is 0 Å². The number of aliphatic carboxylic acids is 1. The standard InChI is InChI=1S/C7H8O2.C5H6.Fe/c8-7(9)5-6-3-1-2-4-6;1-2-4-5-3-1;/h1-3H,4-5H2,(H,8,9);1-4H,5H2;. The maximum Gasteiger partial charge on any atom is 0.307 e. The van der Waals surface area contributed by atoms with E-state index in [2.05, 4.69) is 24.3 Å². The molecule has 15 heavy (non-hydrogen) atoms. The fraction of sp³-hybridized carbons (Fsp3) is 0.250. The normalized spacial score (nSPS) is 15.3. The maximum absolute atomic E-state index is 10.1. The molecule has 0 aromatic rings. The minimum Gasteiger partial charge on any atom is -0.481 e. The summed E-state index contributed by atoms with van der Waals surface area (Å²) in [6.45, 7) is 0. The van der Waals surface area contributed by atoms with Crippen molar-refractivity contribution < 1.29 is 27.0 Å². The molecule has 0 bridgehead atoms. The molecule has 0 radical (unpaired) electrons. The van der Waals surface area contributed by atoms with Crippen molar-refractivity contribution in [1.82, 2.24) is 0 Å². The first-order valence-corrected chi connectivity index (χ1v) is 4.67. The monoisotopic (exact) mass is 246 g/mol. The van der Waals surface area contributed by atoms with E-state index in [9.17, 15) is 4.79 Å². The van der Waals surface area contributed by atoms with E-state index in [4.69, 9.17) is 5.11 Å². The molecule has 0 aliphatic heterocycles. The van der Waals surface area contributed by atoms with Gasteiger partial charge in [0.1, 0.15) is 0 Å². The fourth-order valence-corrected chi connectivity index (χ4v) is 1.21. The molecular formula is C12H14FeO2. The Kier molecular flexibility index (Phi) is 7.69. The molecule has 0 spiro atoms. The van der Waals surface area contributed by atoms with Crippen molar-refractivity contribution in [2.24, 2.45) is 0 Å². The van der Waals surface area contributed by atoms with Crippen LogP contribution >= 0.6 is 0 Å². The van der Waals surface area contributed by atoms with Gasteiger partial charge in [0.15, 0.2) is 0 Å². The zero-order valence-corrected chi connectivity index (χ0v) is 9.48. The van der Waals surface area contributed by atoms with Gasteiger partial charge in [-0.2, -0.15) is 0 Å². The average Bonchev–Trinajstić information content (AvgIpc) is 2.75. The Morgan fingerprint density at radius 2 is 1.87 bits per heavy atom. The van der Waals surface area contributed by atoms with Crippen LogP contribution in [-0.2, 0) is 21.9 Å². The van der Waals surface area contributed by atoms with Gasteiger partial charge in [-0.15, -0.1) is 0 Å². The molecule has 82 valence electrons. The van der Waals surface area contributed by atoms with Crippen LogP contribution in [-0.4, -0.2) is 11.1 Å². The van der Waals surface area contributed by atoms with Crippen molar-refractivity contribution in [3.8, 4) is 0 Å². The number of allylic oxidation sites excluding steroid dienone is 7. The third-order valence-electron chi connectivity index (χ3n) is 1.88. The maximum atomic E-state index is 10.1. The SMILES string of the molecule is C1=CCC=C1.O=C(O)CC1=CC=CC1.[Fe]. The van der Waals surface area contributed by atoms with Gasteiger partial charge >= 0.3 is 5.97 Å². The Bertz CT molecular complexity index is 302. The van der Waals surface area contributed by atoms with Crippen LogP contribution in [0.5, 0.6) is 0 Å². The van der Waals surface area contributed by atoms with E-state index in [0.717, 1.165) is 18.4 Å². The molecular weight excluding hydrogens is 232 g/mol. The summed E-state index contributed by atoms with van der Waals surface area (Å²) in [4.78, 5) is 10.1. The molecule has 0 unspecified atom stereocenters. The second kappa shape index (κ2) is 8.27. The summed E-state index contributed by atoms with van der Waals surface area (Å²) in [5, 5.41) is 8.31. The smallest absolute Gasteiger partial charge is 0.307 e. The zero-order chi connectivity index (χ0) is 10.2. The Hall–Kier alpha value is -1.05. The molecule has 0 heterocycles. The predicted octanol–water partition coefficient (Wildman–Crippen LogP) is 2.85. The molecule has 1 N–H and O–H groups in total. The van der Waals surface area contributed by atoms with Gasteiger partial charge in [-0.05, 0) is 12.8 Å². The quantitative estimate of drug-likeness (QED) is 0.760. The summed E-state index contributed by atoms with van der Waals surface area (Å²) in [6, 6.07) is 0. The van der Waals surface area contributed by atoms with Crippen LogP contribution in [0.2, 0.25) is 0 Å². The van der Waals surface area contributed by atoms with Crippen molar-refractivity contribution in [2.75, 3.05) is 0 Å². The molecule has 0 fully saturated rings. The van der Waals surface area contributed by atoms with E-state index >= 15 is 0 Å². The molecule has 0 saturated carbocycles. The van der Waals surface area contributed by atoms with Crippen LogP contribution in [0.3, 0.4) is 0 Å². The van der Waals surface area contributed by atoms with Crippen molar-refractivity contribution in [2.45, 2.75) is 19.3 Å². The van der Waals surface area contributed by atoms with Crippen molar-refractivity contribution in [3.05, 3.63) is 48.1 Å². The van der Waals surface area contributed by atoms with Gasteiger partial charge in [-0.25, -0.2) is 0 Å².